The van der Waals surface area contributed by atoms with Gasteiger partial charge in [-0.25, -0.2) is 9.67 Å². The molecule has 1 aliphatic carbocycles. The molecule has 4 N–H and O–H groups in total. The van der Waals surface area contributed by atoms with Gasteiger partial charge in [-0.3, -0.25) is 9.97 Å². The average molecular weight is 402 g/mol. The molecule has 8 nitrogen and oxygen atoms in total. The van der Waals surface area contributed by atoms with E-state index in [1.165, 1.54) is 6.20 Å². The fraction of sp³-hybridized carbons (Fsp3) is 0.273. The smallest absolute Gasteiger partial charge is 0.172 e. The standard InChI is InChI=1S/C22H22N6O2/c23-22(15-6-17(30)7-15)19-3-1-2-18(27-19)13-4-5-14-9-25-28(20(14)8-13)21-11-24-10-16(12-29)26-21/h1-5,8-11,15,17,22,29-30H,6-7,12,23H2/t15-,17+,22-/m0/s1. The number of hydrogen-bond donors (Lipinski definition) is 3. The van der Waals surface area contributed by atoms with Gasteiger partial charge in [-0.15, -0.1) is 0 Å². The first-order valence-electron chi connectivity index (χ1n) is 9.93. The Morgan fingerprint density at radius 3 is 2.77 bits per heavy atom. The summed E-state index contributed by atoms with van der Waals surface area (Å²) in [6, 6.07) is 11.7. The number of rotatable bonds is 5. The predicted molar refractivity (Wildman–Crippen MR) is 111 cm³/mol. The van der Waals surface area contributed by atoms with Crippen molar-refractivity contribution in [2.45, 2.75) is 31.6 Å². The Kier molecular flexibility index (Phi) is 4.74. The molecule has 0 unspecified atom stereocenters. The van der Waals surface area contributed by atoms with E-state index in [0.29, 0.717) is 11.5 Å². The maximum atomic E-state index is 9.57. The lowest BCUT2D eigenvalue weighted by Gasteiger charge is -2.35. The molecule has 152 valence electrons. The van der Waals surface area contributed by atoms with Crippen molar-refractivity contribution in [3.05, 3.63) is 66.4 Å². The maximum Gasteiger partial charge on any atom is 0.172 e. The van der Waals surface area contributed by atoms with Crippen LogP contribution in [0.1, 0.15) is 30.3 Å². The van der Waals surface area contributed by atoms with Crippen LogP contribution in [0.15, 0.2) is 55.0 Å². The summed E-state index contributed by atoms with van der Waals surface area (Å²) in [5, 5.41) is 24.3. The van der Waals surface area contributed by atoms with Gasteiger partial charge in [0.05, 0.1) is 59.9 Å². The van der Waals surface area contributed by atoms with E-state index < -0.39 is 0 Å². The molecular formula is C22H22N6O2. The summed E-state index contributed by atoms with van der Waals surface area (Å²) >= 11 is 0. The van der Waals surface area contributed by atoms with Crippen LogP contribution >= 0.6 is 0 Å². The summed E-state index contributed by atoms with van der Waals surface area (Å²) in [4.78, 5) is 13.3. The molecular weight excluding hydrogens is 380 g/mol. The van der Waals surface area contributed by atoms with Crippen LogP contribution in [0.4, 0.5) is 0 Å². The third-order valence-electron chi connectivity index (χ3n) is 5.69. The normalized spacial score (nSPS) is 19.6. The Morgan fingerprint density at radius 2 is 1.97 bits per heavy atom. The highest BCUT2D eigenvalue weighted by atomic mass is 16.3. The molecule has 0 spiro atoms. The van der Waals surface area contributed by atoms with Crippen LogP contribution in [-0.2, 0) is 6.61 Å². The Bertz CT molecular complexity index is 1200. The van der Waals surface area contributed by atoms with Crippen LogP contribution in [0.25, 0.3) is 28.0 Å². The van der Waals surface area contributed by atoms with Crippen molar-refractivity contribution in [1.29, 1.82) is 0 Å². The fourth-order valence-corrected chi connectivity index (χ4v) is 3.90. The van der Waals surface area contributed by atoms with Crippen LogP contribution in [0, 0.1) is 5.92 Å². The van der Waals surface area contributed by atoms with Gasteiger partial charge in [0.25, 0.3) is 0 Å². The molecule has 1 aliphatic rings. The van der Waals surface area contributed by atoms with Crippen molar-refractivity contribution in [2.75, 3.05) is 0 Å². The highest BCUT2D eigenvalue weighted by Gasteiger charge is 2.33. The number of nitrogens with zero attached hydrogens (tertiary/aromatic N) is 5. The van der Waals surface area contributed by atoms with Gasteiger partial charge in [0.1, 0.15) is 0 Å². The van der Waals surface area contributed by atoms with E-state index in [2.05, 4.69) is 15.1 Å². The Morgan fingerprint density at radius 1 is 1.10 bits per heavy atom. The largest absolute Gasteiger partial charge is 0.393 e. The maximum absolute atomic E-state index is 9.57. The molecule has 3 aromatic heterocycles. The second-order valence-electron chi connectivity index (χ2n) is 7.72. The quantitative estimate of drug-likeness (QED) is 0.467. The van der Waals surface area contributed by atoms with Crippen LogP contribution < -0.4 is 5.73 Å². The van der Waals surface area contributed by atoms with Gasteiger partial charge in [0.2, 0.25) is 0 Å². The van der Waals surface area contributed by atoms with Gasteiger partial charge in [-0.1, -0.05) is 18.2 Å². The first-order chi connectivity index (χ1) is 14.6. The molecule has 1 aromatic carbocycles. The van der Waals surface area contributed by atoms with Crippen molar-refractivity contribution in [1.82, 2.24) is 24.7 Å². The van der Waals surface area contributed by atoms with Crippen molar-refractivity contribution in [3.8, 4) is 17.1 Å². The molecule has 5 rings (SSSR count). The molecule has 4 aromatic rings. The van der Waals surface area contributed by atoms with Gasteiger partial charge >= 0.3 is 0 Å². The monoisotopic (exact) mass is 402 g/mol. The van der Waals surface area contributed by atoms with Crippen LogP contribution in [0.5, 0.6) is 0 Å². The number of fused-ring (bicyclic) bond motifs is 1. The van der Waals surface area contributed by atoms with Crippen molar-refractivity contribution < 1.29 is 10.2 Å². The summed E-state index contributed by atoms with van der Waals surface area (Å²) in [5.41, 5.74) is 10.3. The Balaban J connectivity index is 1.52. The lowest BCUT2D eigenvalue weighted by molar-refractivity contribution is 0.0302. The second-order valence-corrected chi connectivity index (χ2v) is 7.72. The minimum Gasteiger partial charge on any atom is -0.393 e. The molecule has 0 bridgehead atoms. The summed E-state index contributed by atoms with van der Waals surface area (Å²) < 4.78 is 1.70. The van der Waals surface area contributed by atoms with Gasteiger partial charge in [-0.2, -0.15) is 5.10 Å². The second kappa shape index (κ2) is 7.56. The number of benzene rings is 1. The number of aliphatic hydroxyl groups is 2. The zero-order chi connectivity index (χ0) is 20.7. The summed E-state index contributed by atoms with van der Waals surface area (Å²) in [6.45, 7) is -0.180. The van der Waals surface area contributed by atoms with E-state index in [1.54, 1.807) is 17.1 Å². The molecule has 0 aliphatic heterocycles. The van der Waals surface area contributed by atoms with E-state index in [1.807, 2.05) is 36.4 Å². The Hall–Kier alpha value is -3.20. The van der Waals surface area contributed by atoms with Crippen molar-refractivity contribution in [2.24, 2.45) is 11.7 Å². The zero-order valence-corrected chi connectivity index (χ0v) is 16.3. The summed E-state index contributed by atoms with van der Waals surface area (Å²) in [6.07, 6.45) is 6.13. The number of hydrogen-bond acceptors (Lipinski definition) is 7. The Labute approximate surface area is 173 Å². The number of pyridine rings is 1. The lowest BCUT2D eigenvalue weighted by Crippen LogP contribution is -2.36. The molecule has 1 atom stereocenters. The predicted octanol–water partition coefficient (Wildman–Crippen LogP) is 2.14. The fourth-order valence-electron chi connectivity index (χ4n) is 3.90. The van der Waals surface area contributed by atoms with Gasteiger partial charge < -0.3 is 15.9 Å². The average Bonchev–Trinajstić information content (AvgIpc) is 3.20. The first-order valence-corrected chi connectivity index (χ1v) is 9.93. The first kappa shape index (κ1) is 18.8. The van der Waals surface area contributed by atoms with E-state index >= 15 is 0 Å². The van der Waals surface area contributed by atoms with Crippen LogP contribution in [0.2, 0.25) is 0 Å². The molecule has 0 amide bonds. The topological polar surface area (TPSA) is 123 Å². The molecule has 1 saturated carbocycles. The van der Waals surface area contributed by atoms with Crippen molar-refractivity contribution >= 4 is 10.9 Å². The summed E-state index contributed by atoms with van der Waals surface area (Å²) in [7, 11) is 0. The molecule has 0 saturated heterocycles. The lowest BCUT2D eigenvalue weighted by atomic mass is 9.76. The molecule has 0 radical (unpaired) electrons. The van der Waals surface area contributed by atoms with E-state index in [9.17, 15) is 10.2 Å². The van der Waals surface area contributed by atoms with E-state index in [0.717, 1.165) is 40.7 Å². The SMILES string of the molecule is N[C@H](c1cccc(-c2ccc3cnn(-c4cncc(CO)n4)c3c2)n1)[C@H]1C[C@@H](O)C1. The number of aliphatic hydroxyl groups excluding tert-OH is 2. The zero-order valence-electron chi connectivity index (χ0n) is 16.3. The molecule has 30 heavy (non-hydrogen) atoms. The minimum atomic E-state index is -0.237. The van der Waals surface area contributed by atoms with Crippen molar-refractivity contribution in [3.63, 3.8) is 0 Å². The van der Waals surface area contributed by atoms with Crippen LogP contribution in [-0.4, -0.2) is 41.0 Å². The van der Waals surface area contributed by atoms with Gasteiger partial charge in [0, 0.05) is 10.9 Å². The van der Waals surface area contributed by atoms with Gasteiger partial charge in [-0.05, 0) is 37.0 Å². The number of nitrogens with two attached hydrogens (primary N) is 1. The summed E-state index contributed by atoms with van der Waals surface area (Å²) in [5.74, 6) is 0.810. The minimum absolute atomic E-state index is 0.180. The molecule has 3 heterocycles. The molecule has 8 heteroatoms. The van der Waals surface area contributed by atoms with E-state index in [-0.39, 0.29) is 24.7 Å². The van der Waals surface area contributed by atoms with Crippen LogP contribution in [0.3, 0.4) is 0 Å². The number of aromatic nitrogens is 5. The third-order valence-corrected chi connectivity index (χ3v) is 5.69. The third kappa shape index (κ3) is 3.35. The van der Waals surface area contributed by atoms with E-state index in [4.69, 9.17) is 10.7 Å². The van der Waals surface area contributed by atoms with Gasteiger partial charge in [0.15, 0.2) is 5.82 Å². The molecule has 1 fully saturated rings. The highest BCUT2D eigenvalue weighted by Crippen LogP contribution is 2.36. The highest BCUT2D eigenvalue weighted by molar-refractivity contribution is 5.84.